The van der Waals surface area contributed by atoms with Crippen molar-refractivity contribution < 1.29 is 8.76 Å². The summed E-state index contributed by atoms with van der Waals surface area (Å²) in [5.41, 5.74) is 0.699. The van der Waals surface area contributed by atoms with Crippen LogP contribution in [-0.2, 0) is 11.3 Å². The number of nitrogens with zero attached hydrogens (tertiary/aromatic N) is 1. The summed E-state index contributed by atoms with van der Waals surface area (Å²) in [5, 5.41) is 0. The highest BCUT2D eigenvalue weighted by atomic mass is 79.9. The van der Waals surface area contributed by atoms with Crippen LogP contribution in [0, 0.1) is 0 Å². The van der Waals surface area contributed by atoms with E-state index < -0.39 is 11.3 Å². The minimum atomic E-state index is -1.96. The molecule has 0 aliphatic carbocycles. The molecule has 0 fully saturated rings. The number of halogens is 1. The van der Waals surface area contributed by atoms with Crippen LogP contribution in [-0.4, -0.2) is 15.8 Å². The van der Waals surface area contributed by atoms with Gasteiger partial charge in [0.2, 0.25) is 0 Å². The summed E-state index contributed by atoms with van der Waals surface area (Å²) in [4.78, 5) is 0. The van der Waals surface area contributed by atoms with Gasteiger partial charge in [-0.05, 0) is 18.2 Å². The van der Waals surface area contributed by atoms with E-state index in [2.05, 4.69) is 15.9 Å². The van der Waals surface area contributed by atoms with Crippen LogP contribution in [0.5, 0.6) is 0 Å². The SMILES string of the molecule is CN(c1cccc(Br)c1)S(=O)O. The van der Waals surface area contributed by atoms with Gasteiger partial charge in [-0.15, -0.1) is 0 Å². The van der Waals surface area contributed by atoms with E-state index in [0.717, 1.165) is 4.47 Å². The Morgan fingerprint density at radius 2 is 2.25 bits per heavy atom. The first-order valence-corrected chi connectivity index (χ1v) is 5.07. The molecule has 0 bridgehead atoms. The molecule has 66 valence electrons. The van der Waals surface area contributed by atoms with Gasteiger partial charge in [0.05, 0.1) is 5.69 Å². The van der Waals surface area contributed by atoms with Crippen LogP contribution in [0.15, 0.2) is 28.7 Å². The van der Waals surface area contributed by atoms with Crippen LogP contribution in [0.4, 0.5) is 5.69 Å². The molecule has 1 aromatic rings. The van der Waals surface area contributed by atoms with Crippen LogP contribution < -0.4 is 4.31 Å². The van der Waals surface area contributed by atoms with Crippen molar-refractivity contribution in [2.75, 3.05) is 11.4 Å². The van der Waals surface area contributed by atoms with Crippen molar-refractivity contribution in [2.24, 2.45) is 0 Å². The lowest BCUT2D eigenvalue weighted by Crippen LogP contribution is -2.18. The Balaban J connectivity index is 2.95. The first-order chi connectivity index (χ1) is 5.61. The zero-order valence-electron chi connectivity index (χ0n) is 6.40. The van der Waals surface area contributed by atoms with Gasteiger partial charge in [0.25, 0.3) is 11.3 Å². The number of benzene rings is 1. The number of hydrogen-bond donors (Lipinski definition) is 1. The van der Waals surface area contributed by atoms with E-state index in [0.29, 0.717) is 5.69 Å². The van der Waals surface area contributed by atoms with Gasteiger partial charge in [-0.3, -0.25) is 8.86 Å². The lowest BCUT2D eigenvalue weighted by atomic mass is 10.3. The van der Waals surface area contributed by atoms with E-state index in [9.17, 15) is 4.21 Å². The lowest BCUT2D eigenvalue weighted by molar-refractivity contribution is 0.562. The van der Waals surface area contributed by atoms with Gasteiger partial charge < -0.3 is 0 Å². The van der Waals surface area contributed by atoms with Crippen molar-refractivity contribution in [1.29, 1.82) is 0 Å². The first-order valence-electron chi connectivity index (χ1n) is 3.21. The van der Waals surface area contributed by atoms with Crippen LogP contribution >= 0.6 is 15.9 Å². The average Bonchev–Trinajstić information content (AvgIpc) is 2.03. The minimum Gasteiger partial charge on any atom is -0.289 e. The van der Waals surface area contributed by atoms with Crippen molar-refractivity contribution in [2.45, 2.75) is 0 Å². The largest absolute Gasteiger partial charge is 0.289 e. The summed E-state index contributed by atoms with van der Waals surface area (Å²) in [6.07, 6.45) is 0. The highest BCUT2D eigenvalue weighted by molar-refractivity contribution is 9.10. The monoisotopic (exact) mass is 249 g/mol. The molecule has 0 amide bonds. The Kier molecular flexibility index (Phi) is 3.25. The van der Waals surface area contributed by atoms with E-state index in [-0.39, 0.29) is 0 Å². The molecule has 0 saturated heterocycles. The molecule has 3 nitrogen and oxygen atoms in total. The summed E-state index contributed by atoms with van der Waals surface area (Å²) in [7, 11) is 1.55. The van der Waals surface area contributed by atoms with Crippen LogP contribution in [0.25, 0.3) is 0 Å². The van der Waals surface area contributed by atoms with Crippen molar-refractivity contribution >= 4 is 32.9 Å². The summed E-state index contributed by atoms with van der Waals surface area (Å²) in [6, 6.07) is 7.20. The van der Waals surface area contributed by atoms with Gasteiger partial charge in [-0.1, -0.05) is 22.0 Å². The molecule has 1 N–H and O–H groups in total. The molecule has 5 heteroatoms. The highest BCUT2D eigenvalue weighted by Gasteiger charge is 2.04. The molecule has 12 heavy (non-hydrogen) atoms. The Morgan fingerprint density at radius 3 is 2.75 bits per heavy atom. The minimum absolute atomic E-state index is 0.699. The Labute approximate surface area is 81.9 Å². The van der Waals surface area contributed by atoms with Gasteiger partial charge >= 0.3 is 0 Å². The van der Waals surface area contributed by atoms with E-state index >= 15 is 0 Å². The summed E-state index contributed by atoms with van der Waals surface area (Å²) >= 11 is 1.32. The van der Waals surface area contributed by atoms with E-state index in [1.54, 1.807) is 19.2 Å². The maximum atomic E-state index is 10.6. The molecule has 0 saturated carbocycles. The van der Waals surface area contributed by atoms with Gasteiger partial charge in [-0.2, -0.15) is 0 Å². The van der Waals surface area contributed by atoms with E-state index in [1.165, 1.54) is 4.31 Å². The number of hydrogen-bond acceptors (Lipinski definition) is 1. The fourth-order valence-corrected chi connectivity index (χ4v) is 1.44. The van der Waals surface area contributed by atoms with Gasteiger partial charge in [-0.25, -0.2) is 4.21 Å². The number of anilines is 1. The Morgan fingerprint density at radius 1 is 1.58 bits per heavy atom. The van der Waals surface area contributed by atoms with Crippen molar-refractivity contribution in [1.82, 2.24) is 0 Å². The second-order valence-electron chi connectivity index (χ2n) is 2.21. The van der Waals surface area contributed by atoms with Gasteiger partial charge in [0.1, 0.15) is 0 Å². The second kappa shape index (κ2) is 4.02. The summed E-state index contributed by atoms with van der Waals surface area (Å²) in [5.74, 6) is 0. The third-order valence-electron chi connectivity index (χ3n) is 1.41. The zero-order chi connectivity index (χ0) is 9.14. The standard InChI is InChI=1S/C7H8BrNO2S/c1-9(12(10)11)7-4-2-3-6(8)5-7/h2-5H,1H3,(H,10,11). The van der Waals surface area contributed by atoms with Gasteiger partial charge in [0.15, 0.2) is 0 Å². The molecule has 0 radical (unpaired) electrons. The van der Waals surface area contributed by atoms with Crippen molar-refractivity contribution in [3.8, 4) is 0 Å². The lowest BCUT2D eigenvalue weighted by Gasteiger charge is -2.13. The van der Waals surface area contributed by atoms with E-state index in [1.807, 2.05) is 12.1 Å². The first kappa shape index (κ1) is 9.70. The summed E-state index contributed by atoms with van der Waals surface area (Å²) in [6.45, 7) is 0. The smallest absolute Gasteiger partial charge is 0.261 e. The Bertz CT molecular complexity index is 305. The average molecular weight is 250 g/mol. The molecule has 0 aromatic heterocycles. The van der Waals surface area contributed by atoms with Gasteiger partial charge in [0, 0.05) is 11.5 Å². The molecule has 0 aliphatic heterocycles. The molecule has 0 heterocycles. The molecule has 1 atom stereocenters. The maximum absolute atomic E-state index is 10.6. The molecule has 1 unspecified atom stereocenters. The van der Waals surface area contributed by atoms with Crippen LogP contribution in [0.2, 0.25) is 0 Å². The molecule has 1 aromatic carbocycles. The molecular formula is C7H8BrNO2S. The van der Waals surface area contributed by atoms with Crippen LogP contribution in [0.3, 0.4) is 0 Å². The van der Waals surface area contributed by atoms with E-state index in [4.69, 9.17) is 4.55 Å². The predicted octanol–water partition coefficient (Wildman–Crippen LogP) is 2.02. The Hall–Kier alpha value is -0.390. The van der Waals surface area contributed by atoms with Crippen molar-refractivity contribution in [3.05, 3.63) is 28.7 Å². The second-order valence-corrected chi connectivity index (χ2v) is 4.13. The molecule has 0 aliphatic rings. The van der Waals surface area contributed by atoms with Crippen molar-refractivity contribution in [3.63, 3.8) is 0 Å². The molecule has 0 spiro atoms. The summed E-state index contributed by atoms with van der Waals surface area (Å²) < 4.78 is 21.5. The van der Waals surface area contributed by atoms with Crippen LogP contribution in [0.1, 0.15) is 0 Å². The zero-order valence-corrected chi connectivity index (χ0v) is 8.80. The topological polar surface area (TPSA) is 40.5 Å². The maximum Gasteiger partial charge on any atom is 0.261 e. The molecule has 1 rings (SSSR count). The normalized spacial score (nSPS) is 12.6. The fraction of sp³-hybridized carbons (Fsp3) is 0.143. The highest BCUT2D eigenvalue weighted by Crippen LogP contribution is 2.19. The third-order valence-corrected chi connectivity index (χ3v) is 2.58. The number of rotatable bonds is 2. The predicted molar refractivity (Wildman–Crippen MR) is 53.3 cm³/mol. The third kappa shape index (κ3) is 2.30. The molecular weight excluding hydrogens is 242 g/mol. The fourth-order valence-electron chi connectivity index (χ4n) is 0.762. The quantitative estimate of drug-likeness (QED) is 0.816.